The van der Waals surface area contributed by atoms with Crippen LogP contribution in [-0.4, -0.2) is 12.6 Å². The lowest BCUT2D eigenvalue weighted by molar-refractivity contribution is -0.139. The molecule has 0 spiro atoms. The van der Waals surface area contributed by atoms with Crippen LogP contribution in [0, 0.1) is 5.82 Å². The Bertz CT molecular complexity index is 633. The molecule has 2 rings (SSSR count). The maximum atomic E-state index is 13.2. The van der Waals surface area contributed by atoms with Gasteiger partial charge < -0.3 is 4.74 Å². The molecule has 0 atom stereocenters. The highest BCUT2D eigenvalue weighted by atomic mass is 19.1. The molecule has 0 radical (unpaired) electrons. The van der Waals surface area contributed by atoms with Gasteiger partial charge >= 0.3 is 5.97 Å². The molecule has 0 saturated heterocycles. The van der Waals surface area contributed by atoms with Gasteiger partial charge in [-0.2, -0.15) is 0 Å². The van der Waals surface area contributed by atoms with Gasteiger partial charge in [-0.25, -0.2) is 4.39 Å². The van der Waals surface area contributed by atoms with Gasteiger partial charge in [-0.3, -0.25) is 4.79 Å². The molecule has 0 N–H and O–H groups in total. The SMILES string of the molecule is CC(=O)OCC(=Cc1cccc(F)c1)Cc1ccccc1. The standard InChI is InChI=1S/C18H17FO2/c1-14(20)21-13-17(10-15-6-3-2-4-7-15)11-16-8-5-9-18(19)12-16/h2-9,11-12H,10,13H2,1H3. The van der Waals surface area contributed by atoms with Gasteiger partial charge in [0.15, 0.2) is 0 Å². The van der Waals surface area contributed by atoms with Crippen molar-refractivity contribution in [3.8, 4) is 0 Å². The van der Waals surface area contributed by atoms with Crippen molar-refractivity contribution in [3.05, 3.63) is 77.1 Å². The van der Waals surface area contributed by atoms with Crippen LogP contribution in [0.2, 0.25) is 0 Å². The van der Waals surface area contributed by atoms with Gasteiger partial charge in [0, 0.05) is 6.92 Å². The molecule has 0 aromatic heterocycles. The number of halogens is 1. The second-order valence-electron chi connectivity index (χ2n) is 4.80. The van der Waals surface area contributed by atoms with Crippen LogP contribution in [0.25, 0.3) is 6.08 Å². The zero-order valence-electron chi connectivity index (χ0n) is 11.9. The molecule has 0 heterocycles. The molecule has 108 valence electrons. The van der Waals surface area contributed by atoms with E-state index in [0.717, 1.165) is 16.7 Å². The van der Waals surface area contributed by atoms with Crippen molar-refractivity contribution in [1.29, 1.82) is 0 Å². The Kier molecular flexibility index (Phi) is 5.27. The summed E-state index contributed by atoms with van der Waals surface area (Å²) in [4.78, 5) is 11.0. The molecule has 2 aromatic carbocycles. The van der Waals surface area contributed by atoms with Gasteiger partial charge in [0.2, 0.25) is 0 Å². The van der Waals surface area contributed by atoms with E-state index in [1.165, 1.54) is 19.1 Å². The molecule has 0 bridgehead atoms. The highest BCUT2D eigenvalue weighted by Crippen LogP contribution is 2.14. The van der Waals surface area contributed by atoms with E-state index < -0.39 is 0 Å². The van der Waals surface area contributed by atoms with Gasteiger partial charge in [-0.05, 0) is 35.3 Å². The van der Waals surface area contributed by atoms with Crippen molar-refractivity contribution in [3.63, 3.8) is 0 Å². The maximum absolute atomic E-state index is 13.2. The van der Waals surface area contributed by atoms with Crippen LogP contribution in [-0.2, 0) is 16.0 Å². The Morgan fingerprint density at radius 1 is 1.14 bits per heavy atom. The normalized spacial score (nSPS) is 11.2. The van der Waals surface area contributed by atoms with Gasteiger partial charge in [0.25, 0.3) is 0 Å². The van der Waals surface area contributed by atoms with Gasteiger partial charge in [-0.15, -0.1) is 0 Å². The summed E-state index contributed by atoms with van der Waals surface area (Å²) < 4.78 is 18.3. The summed E-state index contributed by atoms with van der Waals surface area (Å²) in [6, 6.07) is 16.2. The third-order valence-electron chi connectivity index (χ3n) is 2.95. The van der Waals surface area contributed by atoms with Crippen molar-refractivity contribution in [1.82, 2.24) is 0 Å². The highest BCUT2D eigenvalue weighted by molar-refractivity contribution is 5.66. The van der Waals surface area contributed by atoms with E-state index in [4.69, 9.17) is 4.74 Å². The third-order valence-corrected chi connectivity index (χ3v) is 2.95. The molecule has 3 heteroatoms. The maximum Gasteiger partial charge on any atom is 0.302 e. The summed E-state index contributed by atoms with van der Waals surface area (Å²) in [5.74, 6) is -0.608. The molecule has 2 nitrogen and oxygen atoms in total. The average Bonchev–Trinajstić information content (AvgIpc) is 2.46. The van der Waals surface area contributed by atoms with Crippen molar-refractivity contribution >= 4 is 12.0 Å². The largest absolute Gasteiger partial charge is 0.461 e. The first-order valence-electron chi connectivity index (χ1n) is 6.76. The van der Waals surface area contributed by atoms with E-state index in [1.807, 2.05) is 42.5 Å². The summed E-state index contributed by atoms with van der Waals surface area (Å²) in [7, 11) is 0. The van der Waals surface area contributed by atoms with E-state index in [9.17, 15) is 9.18 Å². The summed E-state index contributed by atoms with van der Waals surface area (Å²) >= 11 is 0. The quantitative estimate of drug-likeness (QED) is 0.775. The minimum absolute atomic E-state index is 0.209. The van der Waals surface area contributed by atoms with Gasteiger partial charge in [0.1, 0.15) is 12.4 Å². The van der Waals surface area contributed by atoms with Crippen LogP contribution in [0.3, 0.4) is 0 Å². The van der Waals surface area contributed by atoms with E-state index in [2.05, 4.69) is 0 Å². The molecule has 0 amide bonds. The van der Waals surface area contributed by atoms with E-state index in [-0.39, 0.29) is 18.4 Å². The number of carbonyl (C=O) groups excluding carboxylic acids is 1. The monoisotopic (exact) mass is 284 g/mol. The van der Waals surface area contributed by atoms with Crippen molar-refractivity contribution in [2.24, 2.45) is 0 Å². The predicted octanol–water partition coefficient (Wildman–Crippen LogP) is 4.01. The molecule has 0 unspecified atom stereocenters. The molecule has 0 aliphatic rings. The van der Waals surface area contributed by atoms with Crippen LogP contribution in [0.4, 0.5) is 4.39 Å². The number of hydrogen-bond acceptors (Lipinski definition) is 2. The van der Waals surface area contributed by atoms with Crippen molar-refractivity contribution in [2.45, 2.75) is 13.3 Å². The van der Waals surface area contributed by atoms with Crippen LogP contribution in [0.1, 0.15) is 18.1 Å². The molecule has 0 aliphatic heterocycles. The van der Waals surface area contributed by atoms with E-state index >= 15 is 0 Å². The van der Waals surface area contributed by atoms with Gasteiger partial charge in [-0.1, -0.05) is 48.5 Å². The summed E-state index contributed by atoms with van der Waals surface area (Å²) in [6.45, 7) is 1.59. The smallest absolute Gasteiger partial charge is 0.302 e. The highest BCUT2D eigenvalue weighted by Gasteiger charge is 2.04. The number of benzene rings is 2. The summed E-state index contributed by atoms with van der Waals surface area (Å²) in [5, 5.41) is 0. The number of hydrogen-bond donors (Lipinski definition) is 0. The molecule has 0 fully saturated rings. The second-order valence-corrected chi connectivity index (χ2v) is 4.80. The third kappa shape index (κ3) is 5.22. The molecular formula is C18H17FO2. The first-order chi connectivity index (χ1) is 10.1. The molecular weight excluding hydrogens is 267 g/mol. The first kappa shape index (κ1) is 15.0. The zero-order valence-corrected chi connectivity index (χ0v) is 11.9. The Hall–Kier alpha value is -2.42. The number of rotatable bonds is 5. The van der Waals surface area contributed by atoms with Crippen LogP contribution in [0.5, 0.6) is 0 Å². The average molecular weight is 284 g/mol. The molecule has 2 aromatic rings. The molecule has 0 aliphatic carbocycles. The summed E-state index contributed by atoms with van der Waals surface area (Å²) in [5.41, 5.74) is 2.79. The fourth-order valence-corrected chi connectivity index (χ4v) is 2.03. The van der Waals surface area contributed by atoms with E-state index in [0.29, 0.717) is 6.42 Å². The van der Waals surface area contributed by atoms with E-state index in [1.54, 1.807) is 6.07 Å². The lowest BCUT2D eigenvalue weighted by Crippen LogP contribution is -2.05. The Labute approximate surface area is 123 Å². The van der Waals surface area contributed by atoms with Crippen molar-refractivity contribution < 1.29 is 13.9 Å². The number of ether oxygens (including phenoxy) is 1. The Morgan fingerprint density at radius 3 is 2.57 bits per heavy atom. The van der Waals surface area contributed by atoms with Crippen LogP contribution >= 0.6 is 0 Å². The Morgan fingerprint density at radius 2 is 1.90 bits per heavy atom. The minimum atomic E-state index is -0.326. The fourth-order valence-electron chi connectivity index (χ4n) is 2.03. The molecule has 0 saturated carbocycles. The first-order valence-corrected chi connectivity index (χ1v) is 6.76. The lowest BCUT2D eigenvalue weighted by atomic mass is 10.0. The Balaban J connectivity index is 2.20. The lowest BCUT2D eigenvalue weighted by Gasteiger charge is -2.09. The second kappa shape index (κ2) is 7.39. The number of esters is 1. The summed E-state index contributed by atoms with van der Waals surface area (Å²) in [6.07, 6.45) is 2.52. The van der Waals surface area contributed by atoms with Crippen LogP contribution in [0.15, 0.2) is 60.2 Å². The predicted molar refractivity (Wildman–Crippen MR) is 81.2 cm³/mol. The van der Waals surface area contributed by atoms with Crippen molar-refractivity contribution in [2.75, 3.05) is 6.61 Å². The van der Waals surface area contributed by atoms with Crippen LogP contribution < -0.4 is 0 Å². The topological polar surface area (TPSA) is 26.3 Å². The fraction of sp³-hybridized carbons (Fsp3) is 0.167. The number of carbonyl (C=O) groups is 1. The zero-order chi connectivity index (χ0) is 15.1. The minimum Gasteiger partial charge on any atom is -0.461 e. The molecule has 21 heavy (non-hydrogen) atoms. The van der Waals surface area contributed by atoms with Gasteiger partial charge in [0.05, 0.1) is 0 Å².